The van der Waals surface area contributed by atoms with Crippen LogP contribution >= 0.6 is 12.2 Å². The number of anilines is 1. The van der Waals surface area contributed by atoms with Crippen molar-refractivity contribution in [2.24, 2.45) is 0 Å². The number of benzene rings is 1. The summed E-state index contributed by atoms with van der Waals surface area (Å²) in [5.74, 6) is 0. The zero-order chi connectivity index (χ0) is 17.4. The van der Waals surface area contributed by atoms with Gasteiger partial charge < -0.3 is 15.2 Å². The Morgan fingerprint density at radius 2 is 1.92 bits per heavy atom. The zero-order valence-corrected chi connectivity index (χ0v) is 15.0. The highest BCUT2D eigenvalue weighted by molar-refractivity contribution is 7.80. The van der Waals surface area contributed by atoms with Gasteiger partial charge in [-0.05, 0) is 73.6 Å². The summed E-state index contributed by atoms with van der Waals surface area (Å²) in [5.41, 5.74) is 5.72. The molecule has 1 aromatic carbocycles. The van der Waals surface area contributed by atoms with Crippen molar-refractivity contribution in [3.05, 3.63) is 83.4 Å². The normalized spacial score (nSPS) is 19.9. The fourth-order valence-electron chi connectivity index (χ4n) is 3.35. The Morgan fingerprint density at radius 3 is 2.60 bits per heavy atom. The predicted octanol–water partition coefficient (Wildman–Crippen LogP) is 4.20. The first-order valence-corrected chi connectivity index (χ1v) is 8.77. The van der Waals surface area contributed by atoms with Crippen molar-refractivity contribution in [2.45, 2.75) is 25.9 Å². The van der Waals surface area contributed by atoms with Crippen LogP contribution in [0.2, 0.25) is 0 Å². The molecule has 0 amide bonds. The fourth-order valence-corrected chi connectivity index (χ4v) is 3.70. The van der Waals surface area contributed by atoms with Crippen molar-refractivity contribution in [1.29, 1.82) is 0 Å². The molecule has 0 saturated carbocycles. The Morgan fingerprint density at radius 1 is 1.04 bits per heavy atom. The number of pyridine rings is 1. The number of H-pyrrole nitrogens is 1. The number of nitrogens with one attached hydrogen (secondary N) is 2. The number of aromatic nitrogens is 2. The molecule has 126 valence electrons. The summed E-state index contributed by atoms with van der Waals surface area (Å²) >= 11 is 5.70. The van der Waals surface area contributed by atoms with Gasteiger partial charge in [0.05, 0.1) is 11.7 Å². The molecule has 5 heteroatoms. The molecule has 2 atom stereocenters. The van der Waals surface area contributed by atoms with E-state index in [0.29, 0.717) is 0 Å². The van der Waals surface area contributed by atoms with Crippen LogP contribution in [0, 0.1) is 13.8 Å². The van der Waals surface area contributed by atoms with Gasteiger partial charge >= 0.3 is 0 Å². The van der Waals surface area contributed by atoms with E-state index in [1.54, 1.807) is 0 Å². The molecule has 0 aliphatic carbocycles. The topological polar surface area (TPSA) is 44.0 Å². The highest BCUT2D eigenvalue weighted by atomic mass is 32.1. The van der Waals surface area contributed by atoms with Crippen LogP contribution < -0.4 is 10.2 Å². The third-order valence-corrected chi connectivity index (χ3v) is 5.12. The van der Waals surface area contributed by atoms with E-state index in [2.05, 4.69) is 58.3 Å². The van der Waals surface area contributed by atoms with Crippen LogP contribution in [0.3, 0.4) is 0 Å². The van der Waals surface area contributed by atoms with Gasteiger partial charge in [0.1, 0.15) is 6.04 Å². The fraction of sp³-hybridized carbons (Fsp3) is 0.200. The Balaban J connectivity index is 1.82. The first-order valence-electron chi connectivity index (χ1n) is 8.36. The van der Waals surface area contributed by atoms with Crippen LogP contribution in [0.15, 0.2) is 60.9 Å². The van der Waals surface area contributed by atoms with Gasteiger partial charge in [0.15, 0.2) is 5.11 Å². The maximum Gasteiger partial charge on any atom is 0.174 e. The van der Waals surface area contributed by atoms with E-state index >= 15 is 0 Å². The maximum absolute atomic E-state index is 5.70. The van der Waals surface area contributed by atoms with Crippen molar-refractivity contribution in [1.82, 2.24) is 15.3 Å². The molecule has 1 saturated heterocycles. The predicted molar refractivity (Wildman–Crippen MR) is 105 cm³/mol. The van der Waals surface area contributed by atoms with Gasteiger partial charge in [-0.25, -0.2) is 0 Å². The van der Waals surface area contributed by atoms with Crippen molar-refractivity contribution in [3.63, 3.8) is 0 Å². The van der Waals surface area contributed by atoms with Gasteiger partial charge in [0, 0.05) is 23.8 Å². The average molecular weight is 348 g/mol. The molecule has 1 fully saturated rings. The summed E-state index contributed by atoms with van der Waals surface area (Å²) in [6, 6.07) is 16.6. The first-order chi connectivity index (χ1) is 12.1. The first kappa shape index (κ1) is 15.8. The van der Waals surface area contributed by atoms with Gasteiger partial charge in [0.25, 0.3) is 0 Å². The third kappa shape index (κ3) is 2.81. The van der Waals surface area contributed by atoms with Crippen LogP contribution in [0.25, 0.3) is 0 Å². The van der Waals surface area contributed by atoms with Crippen molar-refractivity contribution in [2.75, 3.05) is 4.90 Å². The lowest BCUT2D eigenvalue weighted by molar-refractivity contribution is 0.558. The van der Waals surface area contributed by atoms with E-state index in [1.807, 2.05) is 36.7 Å². The molecule has 2 aromatic heterocycles. The molecule has 0 unspecified atom stereocenters. The molecular formula is C20H20N4S. The molecular weight excluding hydrogens is 328 g/mol. The SMILES string of the molecule is Cc1ccc(N2C(=S)N[C@H](c3ccccn3)[C@H]2c2ccc[nH]2)cc1C. The van der Waals surface area contributed by atoms with Crippen molar-refractivity contribution >= 4 is 23.0 Å². The van der Waals surface area contributed by atoms with Gasteiger partial charge in [-0.2, -0.15) is 0 Å². The van der Waals surface area contributed by atoms with Gasteiger partial charge in [-0.1, -0.05) is 12.1 Å². The summed E-state index contributed by atoms with van der Waals surface area (Å²) in [5, 5.41) is 4.19. The summed E-state index contributed by atoms with van der Waals surface area (Å²) in [4.78, 5) is 10.1. The van der Waals surface area contributed by atoms with E-state index in [4.69, 9.17) is 12.2 Å². The standard InChI is InChI=1S/C20H20N4S/c1-13-8-9-15(12-14(13)2)24-19(17-7-5-11-22-17)18(23-20(24)25)16-6-3-4-10-21-16/h3-12,18-19,22H,1-2H3,(H,23,25)/t18-,19-/m1/s1. The number of hydrogen-bond acceptors (Lipinski definition) is 2. The number of thiocarbonyl (C=S) groups is 1. The monoisotopic (exact) mass is 348 g/mol. The molecule has 1 aliphatic heterocycles. The lowest BCUT2D eigenvalue weighted by atomic mass is 10.0. The Hall–Kier alpha value is -2.66. The molecule has 0 bridgehead atoms. The van der Waals surface area contributed by atoms with Gasteiger partial charge in [-0.15, -0.1) is 0 Å². The number of nitrogens with zero attached hydrogens (tertiary/aromatic N) is 2. The molecule has 4 rings (SSSR count). The number of aromatic amines is 1. The Labute approximate surface area is 152 Å². The lowest BCUT2D eigenvalue weighted by Crippen LogP contribution is -2.29. The van der Waals surface area contributed by atoms with E-state index in [-0.39, 0.29) is 12.1 Å². The van der Waals surface area contributed by atoms with E-state index in [1.165, 1.54) is 11.1 Å². The highest BCUT2D eigenvalue weighted by Crippen LogP contribution is 2.41. The minimum Gasteiger partial charge on any atom is -0.363 e. The maximum atomic E-state index is 5.70. The molecule has 3 aromatic rings. The zero-order valence-electron chi connectivity index (χ0n) is 14.2. The van der Waals surface area contributed by atoms with E-state index < -0.39 is 0 Å². The van der Waals surface area contributed by atoms with E-state index in [0.717, 1.165) is 22.2 Å². The second-order valence-corrected chi connectivity index (χ2v) is 6.78. The molecule has 3 heterocycles. The summed E-state index contributed by atoms with van der Waals surface area (Å²) in [7, 11) is 0. The van der Waals surface area contributed by atoms with E-state index in [9.17, 15) is 0 Å². The van der Waals surface area contributed by atoms with Gasteiger partial charge in [-0.3, -0.25) is 4.98 Å². The largest absolute Gasteiger partial charge is 0.363 e. The smallest absolute Gasteiger partial charge is 0.174 e. The second kappa shape index (κ2) is 6.33. The minimum absolute atomic E-state index is 0.00559. The Bertz CT molecular complexity index is 889. The minimum atomic E-state index is -0.00559. The number of aryl methyl sites for hydroxylation is 2. The summed E-state index contributed by atoms with van der Waals surface area (Å²) in [6.07, 6.45) is 3.77. The average Bonchev–Trinajstić information content (AvgIpc) is 3.25. The molecule has 1 aliphatic rings. The molecule has 4 nitrogen and oxygen atoms in total. The van der Waals surface area contributed by atoms with Crippen LogP contribution in [-0.2, 0) is 0 Å². The Kier molecular flexibility index (Phi) is 4.01. The summed E-state index contributed by atoms with van der Waals surface area (Å²) in [6.45, 7) is 4.25. The second-order valence-electron chi connectivity index (χ2n) is 6.39. The third-order valence-electron chi connectivity index (χ3n) is 4.81. The number of rotatable bonds is 3. The van der Waals surface area contributed by atoms with Crippen LogP contribution in [-0.4, -0.2) is 15.1 Å². The van der Waals surface area contributed by atoms with Crippen LogP contribution in [0.5, 0.6) is 0 Å². The molecule has 25 heavy (non-hydrogen) atoms. The highest BCUT2D eigenvalue weighted by Gasteiger charge is 2.41. The van der Waals surface area contributed by atoms with Gasteiger partial charge in [0.2, 0.25) is 0 Å². The van der Waals surface area contributed by atoms with Crippen LogP contribution in [0.4, 0.5) is 5.69 Å². The van der Waals surface area contributed by atoms with Crippen LogP contribution in [0.1, 0.15) is 34.6 Å². The van der Waals surface area contributed by atoms with Crippen molar-refractivity contribution < 1.29 is 0 Å². The van der Waals surface area contributed by atoms with Crippen molar-refractivity contribution in [3.8, 4) is 0 Å². The summed E-state index contributed by atoms with van der Waals surface area (Å²) < 4.78 is 0. The quantitative estimate of drug-likeness (QED) is 0.696. The molecule has 0 spiro atoms. The number of hydrogen-bond donors (Lipinski definition) is 2. The molecule has 2 N–H and O–H groups in total. The lowest BCUT2D eigenvalue weighted by Gasteiger charge is -2.27. The molecule has 0 radical (unpaired) electrons.